The number of hydrogen-bond donors (Lipinski definition) is 2. The molecule has 0 fully saturated rings. The summed E-state index contributed by atoms with van der Waals surface area (Å²) in [5, 5.41) is 8.79. The lowest BCUT2D eigenvalue weighted by Gasteiger charge is -2.27. The van der Waals surface area contributed by atoms with Crippen LogP contribution in [0.5, 0.6) is 0 Å². The zero-order chi connectivity index (χ0) is 18.0. The second kappa shape index (κ2) is 6.96. The average Bonchev–Trinajstić information content (AvgIpc) is 2.89. The number of carbonyl (C=O) groups is 2. The summed E-state index contributed by atoms with van der Waals surface area (Å²) in [4.78, 5) is 39.8. The molecule has 2 heterocycles. The van der Waals surface area contributed by atoms with E-state index >= 15 is 0 Å². The van der Waals surface area contributed by atoms with Crippen LogP contribution in [0.1, 0.15) is 26.2 Å². The van der Waals surface area contributed by atoms with Gasteiger partial charge in [-0.1, -0.05) is 19.1 Å². The van der Waals surface area contributed by atoms with Gasteiger partial charge in [-0.15, -0.1) is 0 Å². The van der Waals surface area contributed by atoms with Crippen LogP contribution < -0.4 is 5.69 Å². The van der Waals surface area contributed by atoms with Gasteiger partial charge < -0.3 is 15.0 Å². The third-order valence-corrected chi connectivity index (χ3v) is 4.46. The number of carbonyl (C=O) groups excluding carboxylic acids is 1. The molecule has 0 aliphatic carbocycles. The zero-order valence-corrected chi connectivity index (χ0v) is 14.1. The van der Waals surface area contributed by atoms with Crippen molar-refractivity contribution in [1.82, 2.24) is 14.5 Å². The van der Waals surface area contributed by atoms with Crippen LogP contribution in [0.25, 0.3) is 16.7 Å². The molecule has 2 N–H and O–H groups in total. The topological polar surface area (TPSA) is 95.4 Å². The smallest absolute Gasteiger partial charge is 0.330 e. The van der Waals surface area contributed by atoms with Gasteiger partial charge in [-0.3, -0.25) is 14.2 Å². The number of H-pyrrole nitrogens is 1. The first-order valence-electron chi connectivity index (χ1n) is 8.34. The molecule has 1 aromatic carbocycles. The van der Waals surface area contributed by atoms with Crippen molar-refractivity contribution in [2.24, 2.45) is 5.92 Å². The van der Waals surface area contributed by atoms with Gasteiger partial charge >= 0.3 is 11.7 Å². The highest BCUT2D eigenvalue weighted by Gasteiger charge is 2.22. The standard InChI is InChI=1S/C18H21N3O4/c1-12(11-17(23)24)10-16(22)20-8-6-13(7-9-20)21-15-5-3-2-4-14(15)19-18(21)25/h2-6,12H,7-11H2,1H3,(H,19,25)(H,23,24). The summed E-state index contributed by atoms with van der Waals surface area (Å²) < 4.78 is 1.66. The van der Waals surface area contributed by atoms with Crippen LogP contribution in [0.15, 0.2) is 35.1 Å². The van der Waals surface area contributed by atoms with Gasteiger partial charge in [0.25, 0.3) is 0 Å². The van der Waals surface area contributed by atoms with E-state index in [9.17, 15) is 14.4 Å². The fourth-order valence-corrected chi connectivity index (χ4v) is 3.23. The Morgan fingerprint density at radius 3 is 2.72 bits per heavy atom. The maximum atomic E-state index is 12.3. The summed E-state index contributed by atoms with van der Waals surface area (Å²) in [6, 6.07) is 7.50. The highest BCUT2D eigenvalue weighted by atomic mass is 16.4. The normalized spacial score (nSPS) is 15.9. The van der Waals surface area contributed by atoms with Crippen LogP contribution in [0.3, 0.4) is 0 Å². The van der Waals surface area contributed by atoms with Gasteiger partial charge in [0.2, 0.25) is 5.91 Å². The van der Waals surface area contributed by atoms with E-state index in [-0.39, 0.29) is 30.4 Å². The quantitative estimate of drug-likeness (QED) is 0.867. The first-order valence-corrected chi connectivity index (χ1v) is 8.34. The Kier molecular flexibility index (Phi) is 4.74. The predicted molar refractivity (Wildman–Crippen MR) is 94.1 cm³/mol. The van der Waals surface area contributed by atoms with Crippen molar-refractivity contribution in [3.8, 4) is 0 Å². The minimum Gasteiger partial charge on any atom is -0.481 e. The van der Waals surface area contributed by atoms with Crippen molar-refractivity contribution < 1.29 is 14.7 Å². The van der Waals surface area contributed by atoms with Gasteiger partial charge in [0, 0.05) is 38.0 Å². The molecule has 1 unspecified atom stereocenters. The minimum atomic E-state index is -0.889. The SMILES string of the molecule is CC(CC(=O)O)CC(=O)N1CC=C(n2c(=O)[nH]c3ccccc32)CC1. The monoisotopic (exact) mass is 343 g/mol. The number of para-hydroxylation sites is 2. The number of amides is 1. The van der Waals surface area contributed by atoms with Crippen molar-refractivity contribution in [3.63, 3.8) is 0 Å². The lowest BCUT2D eigenvalue weighted by atomic mass is 10.0. The Labute approximate surface area is 144 Å². The number of carboxylic acids is 1. The maximum Gasteiger partial charge on any atom is 0.330 e. The third kappa shape index (κ3) is 3.65. The summed E-state index contributed by atoms with van der Waals surface area (Å²) in [7, 11) is 0. The molecule has 0 saturated carbocycles. The second-order valence-electron chi connectivity index (χ2n) is 6.48. The van der Waals surface area contributed by atoms with Crippen molar-refractivity contribution in [2.45, 2.75) is 26.2 Å². The summed E-state index contributed by atoms with van der Waals surface area (Å²) in [5.74, 6) is -1.12. The van der Waals surface area contributed by atoms with Gasteiger partial charge in [0.05, 0.1) is 11.0 Å². The summed E-state index contributed by atoms with van der Waals surface area (Å²) in [6.45, 7) is 2.72. The molecular weight excluding hydrogens is 322 g/mol. The van der Waals surface area contributed by atoms with Crippen LogP contribution in [0.2, 0.25) is 0 Å². The van der Waals surface area contributed by atoms with E-state index in [0.717, 1.165) is 16.7 Å². The summed E-state index contributed by atoms with van der Waals surface area (Å²) >= 11 is 0. The number of carboxylic acid groups (broad SMARTS) is 1. The van der Waals surface area contributed by atoms with Crippen molar-refractivity contribution in [2.75, 3.05) is 13.1 Å². The second-order valence-corrected chi connectivity index (χ2v) is 6.48. The van der Waals surface area contributed by atoms with Gasteiger partial charge in [-0.05, 0) is 24.1 Å². The minimum absolute atomic E-state index is 0.00853. The average molecular weight is 343 g/mol. The van der Waals surface area contributed by atoms with E-state index in [1.807, 2.05) is 30.3 Å². The Hall–Kier alpha value is -2.83. The maximum absolute atomic E-state index is 12.3. The molecule has 25 heavy (non-hydrogen) atoms. The Bertz CT molecular complexity index is 893. The number of nitrogens with zero attached hydrogens (tertiary/aromatic N) is 2. The molecule has 0 spiro atoms. The molecule has 1 atom stereocenters. The lowest BCUT2D eigenvalue weighted by molar-refractivity contribution is -0.138. The Morgan fingerprint density at radius 2 is 2.04 bits per heavy atom. The number of imidazole rings is 1. The summed E-state index contributed by atoms with van der Waals surface area (Å²) in [6.07, 6.45) is 2.69. The molecule has 1 amide bonds. The van der Waals surface area contributed by atoms with Crippen molar-refractivity contribution in [3.05, 3.63) is 40.8 Å². The number of fused-ring (bicyclic) bond motifs is 1. The van der Waals surface area contributed by atoms with Crippen molar-refractivity contribution >= 4 is 28.6 Å². The number of hydrogen-bond acceptors (Lipinski definition) is 3. The first kappa shape index (κ1) is 17.0. The number of aliphatic carboxylic acids is 1. The number of benzene rings is 1. The van der Waals surface area contributed by atoms with Gasteiger partial charge in [-0.25, -0.2) is 4.79 Å². The lowest BCUT2D eigenvalue weighted by Crippen LogP contribution is -2.36. The van der Waals surface area contributed by atoms with E-state index in [1.165, 1.54) is 0 Å². The van der Waals surface area contributed by atoms with Crippen LogP contribution in [-0.4, -0.2) is 44.5 Å². The molecule has 7 heteroatoms. The largest absolute Gasteiger partial charge is 0.481 e. The van der Waals surface area contributed by atoms with Crippen LogP contribution in [0, 0.1) is 5.92 Å². The Balaban J connectivity index is 1.72. The molecule has 0 radical (unpaired) electrons. The molecule has 1 aliphatic rings. The molecule has 0 bridgehead atoms. The fourth-order valence-electron chi connectivity index (χ4n) is 3.23. The molecule has 7 nitrogen and oxygen atoms in total. The van der Waals surface area contributed by atoms with E-state index in [2.05, 4.69) is 4.98 Å². The zero-order valence-electron chi connectivity index (χ0n) is 14.1. The van der Waals surface area contributed by atoms with Gasteiger partial charge in [-0.2, -0.15) is 0 Å². The molecule has 132 valence electrons. The van der Waals surface area contributed by atoms with E-state index in [4.69, 9.17) is 5.11 Å². The van der Waals surface area contributed by atoms with E-state index in [1.54, 1.807) is 16.4 Å². The van der Waals surface area contributed by atoms with Crippen LogP contribution in [0.4, 0.5) is 0 Å². The molecule has 1 aromatic heterocycles. The molecule has 3 rings (SSSR count). The molecule has 1 aliphatic heterocycles. The fraction of sp³-hybridized carbons (Fsp3) is 0.389. The third-order valence-electron chi connectivity index (χ3n) is 4.46. The first-order chi connectivity index (χ1) is 12.0. The van der Waals surface area contributed by atoms with Crippen LogP contribution >= 0.6 is 0 Å². The van der Waals surface area contributed by atoms with Gasteiger partial charge in [0.1, 0.15) is 0 Å². The highest BCUT2D eigenvalue weighted by molar-refractivity contribution is 5.81. The highest BCUT2D eigenvalue weighted by Crippen LogP contribution is 2.21. The van der Waals surface area contributed by atoms with Gasteiger partial charge in [0.15, 0.2) is 0 Å². The molecule has 0 saturated heterocycles. The number of aromatic amines is 1. The predicted octanol–water partition coefficient (Wildman–Crippen LogP) is 1.90. The van der Waals surface area contributed by atoms with Crippen molar-refractivity contribution in [1.29, 1.82) is 0 Å². The number of rotatable bonds is 5. The number of nitrogens with one attached hydrogen (secondary N) is 1. The summed E-state index contributed by atoms with van der Waals surface area (Å²) in [5.41, 5.74) is 2.32. The molecular formula is C18H21N3O4. The Morgan fingerprint density at radius 1 is 1.28 bits per heavy atom. The van der Waals surface area contributed by atoms with E-state index in [0.29, 0.717) is 19.5 Å². The molecule has 2 aromatic rings. The van der Waals surface area contributed by atoms with E-state index < -0.39 is 5.97 Å². The number of aromatic nitrogens is 2. The van der Waals surface area contributed by atoms with Crippen LogP contribution in [-0.2, 0) is 9.59 Å².